The Labute approximate surface area is 193 Å². The minimum atomic E-state index is -4.34. The van der Waals surface area contributed by atoms with E-state index in [0.717, 1.165) is 18.2 Å². The normalized spacial score (nSPS) is 10.8. The van der Waals surface area contributed by atoms with E-state index in [2.05, 4.69) is 5.32 Å². The van der Waals surface area contributed by atoms with E-state index in [9.17, 15) is 28.1 Å². The van der Waals surface area contributed by atoms with Gasteiger partial charge < -0.3 is 14.2 Å². The first-order chi connectivity index (χ1) is 15.6. The van der Waals surface area contributed by atoms with Crippen LogP contribution in [-0.4, -0.2) is 31.8 Å². The summed E-state index contributed by atoms with van der Waals surface area (Å²) in [6.07, 6.45) is 0. The smallest absolute Gasteiger partial charge is 0.339 e. The number of carbonyl (C=O) groups is 2. The van der Waals surface area contributed by atoms with Crippen LogP contribution in [0.2, 0.25) is 5.02 Å². The van der Waals surface area contributed by atoms with Crippen LogP contribution in [0.1, 0.15) is 10.4 Å². The number of esters is 1. The first-order valence-corrected chi connectivity index (χ1v) is 10.9. The first kappa shape index (κ1) is 23.7. The largest absolute Gasteiger partial charge is 0.452 e. The standard InChI is InChI=1S/C21H15ClN2O8S/c22-15-6-8-16(9-7-15)23-20(25)13-31-21(26)14-4-10-18(11-5-14)32-33(29,30)19-3-1-2-17(12-19)24(27)28/h1-12H,13H2,(H,23,25). The molecule has 3 rings (SSSR count). The molecule has 0 unspecified atom stereocenters. The van der Waals surface area contributed by atoms with E-state index in [1.165, 1.54) is 30.3 Å². The van der Waals surface area contributed by atoms with Crippen molar-refractivity contribution >= 4 is 45.0 Å². The Morgan fingerprint density at radius 1 is 1.00 bits per heavy atom. The number of non-ortho nitro benzene ring substituents is 1. The lowest BCUT2D eigenvalue weighted by Crippen LogP contribution is -2.20. The number of hydrogen-bond donors (Lipinski definition) is 1. The zero-order chi connectivity index (χ0) is 24.0. The third-order valence-corrected chi connectivity index (χ3v) is 5.57. The third-order valence-electron chi connectivity index (χ3n) is 4.08. The van der Waals surface area contributed by atoms with E-state index in [-0.39, 0.29) is 11.3 Å². The van der Waals surface area contributed by atoms with Crippen LogP contribution < -0.4 is 9.50 Å². The molecule has 1 amide bonds. The van der Waals surface area contributed by atoms with Gasteiger partial charge in [-0.1, -0.05) is 17.7 Å². The Hall–Kier alpha value is -3.96. The zero-order valence-corrected chi connectivity index (χ0v) is 18.2. The summed E-state index contributed by atoms with van der Waals surface area (Å²) in [6.45, 7) is -0.541. The number of rotatable bonds is 8. The minimum absolute atomic E-state index is 0.0504. The van der Waals surface area contributed by atoms with Gasteiger partial charge >= 0.3 is 16.1 Å². The molecule has 3 aromatic rings. The van der Waals surface area contributed by atoms with Crippen molar-refractivity contribution in [3.05, 3.63) is 93.5 Å². The van der Waals surface area contributed by atoms with Crippen molar-refractivity contribution in [2.45, 2.75) is 4.90 Å². The fraction of sp³-hybridized carbons (Fsp3) is 0.0476. The molecule has 0 bridgehead atoms. The van der Waals surface area contributed by atoms with Gasteiger partial charge in [-0.05, 0) is 54.6 Å². The molecule has 3 aromatic carbocycles. The van der Waals surface area contributed by atoms with E-state index < -0.39 is 44.1 Å². The Kier molecular flexibility index (Phi) is 7.26. The summed E-state index contributed by atoms with van der Waals surface area (Å²) in [7, 11) is -4.34. The average molecular weight is 491 g/mol. The van der Waals surface area contributed by atoms with Crippen LogP contribution in [0.5, 0.6) is 5.75 Å². The Bertz CT molecular complexity index is 1290. The summed E-state index contributed by atoms with van der Waals surface area (Å²) < 4.78 is 34.6. The molecule has 10 nitrogen and oxygen atoms in total. The van der Waals surface area contributed by atoms with Gasteiger partial charge in [0.15, 0.2) is 6.61 Å². The summed E-state index contributed by atoms with van der Waals surface area (Å²) in [4.78, 5) is 33.7. The number of ether oxygens (including phenoxy) is 1. The van der Waals surface area contributed by atoms with Gasteiger partial charge in [-0.3, -0.25) is 14.9 Å². The van der Waals surface area contributed by atoms with Gasteiger partial charge in [0.2, 0.25) is 0 Å². The average Bonchev–Trinajstić information content (AvgIpc) is 2.79. The second-order valence-corrected chi connectivity index (χ2v) is 8.43. The van der Waals surface area contributed by atoms with Gasteiger partial charge in [-0.2, -0.15) is 8.42 Å². The van der Waals surface area contributed by atoms with Crippen LogP contribution in [-0.2, 0) is 19.6 Å². The number of nitrogens with zero attached hydrogens (tertiary/aromatic N) is 1. The minimum Gasteiger partial charge on any atom is -0.452 e. The predicted molar refractivity (Wildman–Crippen MR) is 118 cm³/mol. The second-order valence-electron chi connectivity index (χ2n) is 6.45. The van der Waals surface area contributed by atoms with Crippen LogP contribution in [0.15, 0.2) is 77.7 Å². The Balaban J connectivity index is 1.58. The maximum absolute atomic E-state index is 12.4. The molecule has 170 valence electrons. The fourth-order valence-electron chi connectivity index (χ4n) is 2.52. The molecule has 0 aliphatic heterocycles. The molecule has 12 heteroatoms. The van der Waals surface area contributed by atoms with Gasteiger partial charge in [0.05, 0.1) is 10.5 Å². The molecule has 1 N–H and O–H groups in total. The lowest BCUT2D eigenvalue weighted by Gasteiger charge is -2.09. The number of nitro benzene ring substituents is 1. The molecule has 0 heterocycles. The molecule has 0 saturated heterocycles. The molecule has 33 heavy (non-hydrogen) atoms. The highest BCUT2D eigenvalue weighted by Gasteiger charge is 2.20. The van der Waals surface area contributed by atoms with E-state index in [0.29, 0.717) is 10.7 Å². The van der Waals surface area contributed by atoms with Gasteiger partial charge in [0, 0.05) is 22.8 Å². The van der Waals surface area contributed by atoms with E-state index >= 15 is 0 Å². The van der Waals surface area contributed by atoms with E-state index in [4.69, 9.17) is 20.5 Å². The van der Waals surface area contributed by atoms with Crippen molar-refractivity contribution in [2.75, 3.05) is 11.9 Å². The summed E-state index contributed by atoms with van der Waals surface area (Å²) in [5.41, 5.74) is 0.124. The van der Waals surface area contributed by atoms with Crippen molar-refractivity contribution in [3.63, 3.8) is 0 Å². The highest BCUT2D eigenvalue weighted by molar-refractivity contribution is 7.87. The summed E-state index contributed by atoms with van der Waals surface area (Å²) in [5, 5.41) is 13.9. The maximum atomic E-state index is 12.4. The number of nitrogens with one attached hydrogen (secondary N) is 1. The maximum Gasteiger partial charge on any atom is 0.339 e. The number of carbonyl (C=O) groups excluding carboxylic acids is 2. The molecule has 0 saturated carbocycles. The van der Waals surface area contributed by atoms with Crippen molar-refractivity contribution in [2.24, 2.45) is 0 Å². The third kappa shape index (κ3) is 6.51. The van der Waals surface area contributed by atoms with Crippen molar-refractivity contribution in [1.82, 2.24) is 0 Å². The zero-order valence-electron chi connectivity index (χ0n) is 16.6. The molecule has 0 radical (unpaired) electrons. The molecule has 0 aliphatic rings. The topological polar surface area (TPSA) is 142 Å². The van der Waals surface area contributed by atoms with Crippen LogP contribution >= 0.6 is 11.6 Å². The highest BCUT2D eigenvalue weighted by atomic mass is 35.5. The van der Waals surface area contributed by atoms with Gasteiger partial charge in [0.1, 0.15) is 10.6 Å². The molecule has 0 aromatic heterocycles. The van der Waals surface area contributed by atoms with Crippen molar-refractivity contribution in [3.8, 4) is 5.75 Å². The molecule has 0 aliphatic carbocycles. The molecule has 0 spiro atoms. The highest BCUT2D eigenvalue weighted by Crippen LogP contribution is 2.22. The number of halogens is 1. The summed E-state index contributed by atoms with van der Waals surface area (Å²) in [5.74, 6) is -1.50. The molecular formula is C21H15ClN2O8S. The second kappa shape index (κ2) is 10.1. The predicted octanol–water partition coefficient (Wildman–Crippen LogP) is 3.81. The number of hydrogen-bond acceptors (Lipinski definition) is 8. The number of amides is 1. The fourth-order valence-corrected chi connectivity index (χ4v) is 3.62. The van der Waals surface area contributed by atoms with Crippen LogP contribution in [0.25, 0.3) is 0 Å². The monoisotopic (exact) mass is 490 g/mol. The lowest BCUT2D eigenvalue weighted by molar-refractivity contribution is -0.385. The molecule has 0 fully saturated rings. The van der Waals surface area contributed by atoms with Gasteiger partial charge in [-0.25, -0.2) is 4.79 Å². The van der Waals surface area contributed by atoms with Gasteiger partial charge in [-0.15, -0.1) is 0 Å². The van der Waals surface area contributed by atoms with E-state index in [1.54, 1.807) is 24.3 Å². The lowest BCUT2D eigenvalue weighted by atomic mass is 10.2. The van der Waals surface area contributed by atoms with E-state index in [1.807, 2.05) is 0 Å². The first-order valence-electron chi connectivity index (χ1n) is 9.15. The van der Waals surface area contributed by atoms with Crippen molar-refractivity contribution < 1.29 is 31.9 Å². The number of anilines is 1. The number of nitro groups is 1. The van der Waals surface area contributed by atoms with Gasteiger partial charge in [0.25, 0.3) is 11.6 Å². The summed E-state index contributed by atoms with van der Waals surface area (Å²) in [6, 6.07) is 15.7. The van der Waals surface area contributed by atoms with Crippen molar-refractivity contribution in [1.29, 1.82) is 0 Å². The van der Waals surface area contributed by atoms with Crippen LogP contribution in [0.4, 0.5) is 11.4 Å². The quantitative estimate of drug-likeness (QED) is 0.217. The van der Waals surface area contributed by atoms with Crippen LogP contribution in [0, 0.1) is 10.1 Å². The Morgan fingerprint density at radius 3 is 2.30 bits per heavy atom. The molecular weight excluding hydrogens is 476 g/mol. The SMILES string of the molecule is O=C(COC(=O)c1ccc(OS(=O)(=O)c2cccc([N+](=O)[O-])c2)cc1)Nc1ccc(Cl)cc1. The Morgan fingerprint density at radius 2 is 1.67 bits per heavy atom. The summed E-state index contributed by atoms with van der Waals surface area (Å²) >= 11 is 5.77. The molecule has 0 atom stereocenters. The van der Waals surface area contributed by atoms with Crippen LogP contribution in [0.3, 0.4) is 0 Å². The number of benzene rings is 3.